The number of fused-ring (bicyclic) bond motifs is 2. The normalized spacial score (nSPS) is 42.1. The molecule has 12 atom stereocenters. The molecule has 1 aliphatic carbocycles. The summed E-state index contributed by atoms with van der Waals surface area (Å²) >= 11 is 0. The Morgan fingerprint density at radius 1 is 1.06 bits per heavy atom. The highest BCUT2D eigenvalue weighted by Gasteiger charge is 2.64. The molecule has 2 bridgehead atoms. The maximum atomic E-state index is 15.0. The monoisotopic (exact) mass is 772 g/mol. The third-order valence-electron chi connectivity index (χ3n) is 13.1. The lowest BCUT2D eigenvalue weighted by atomic mass is 9.71. The maximum absolute atomic E-state index is 15.0. The van der Waals surface area contributed by atoms with E-state index in [2.05, 4.69) is 99.4 Å². The van der Waals surface area contributed by atoms with Crippen molar-refractivity contribution in [1.29, 1.82) is 0 Å². The van der Waals surface area contributed by atoms with Gasteiger partial charge in [-0.05, 0) is 93.0 Å². The molecule has 300 valence electrons. The Labute approximate surface area is 323 Å². The predicted octanol–water partition coefficient (Wildman–Crippen LogP) is 9.42. The van der Waals surface area contributed by atoms with Gasteiger partial charge < -0.3 is 32.9 Å². The van der Waals surface area contributed by atoms with E-state index < -0.39 is 52.3 Å². The SMILES string of the molecule is CC[C@H](C)[C@H]1O[C@]2(CC[C@@H]1C)C[C@@H]1C[C@@H](C/C=C(\C)[C@H](O)[C@@H](C)/C=C/C=C3\CO[C@@H]4[C@H](O[Si](C)(C)C(C)(C)C)C(C)=C[C@@H](C(=O)O1)[C@]34O[Si](C)(C)C)O2. The number of carbonyl (C=O) groups is 1. The molecule has 5 rings (SSSR count). The number of esters is 1. The summed E-state index contributed by atoms with van der Waals surface area (Å²) in [6.07, 6.45) is 12.5. The van der Waals surface area contributed by atoms with Gasteiger partial charge in [-0.2, -0.15) is 0 Å². The summed E-state index contributed by atoms with van der Waals surface area (Å²) in [6.45, 7) is 30.9. The Balaban J connectivity index is 1.64. The first-order valence-electron chi connectivity index (χ1n) is 20.5. The summed E-state index contributed by atoms with van der Waals surface area (Å²) < 4.78 is 42.0. The number of allylic oxidation sites excluding steroid dienone is 2. The van der Waals surface area contributed by atoms with Crippen LogP contribution >= 0.6 is 0 Å². The molecule has 0 aromatic rings. The fourth-order valence-electron chi connectivity index (χ4n) is 8.85. The number of aliphatic hydroxyl groups is 1. The molecule has 0 amide bonds. The van der Waals surface area contributed by atoms with E-state index in [1.54, 1.807) is 0 Å². The van der Waals surface area contributed by atoms with Crippen molar-refractivity contribution in [2.45, 2.75) is 187 Å². The Morgan fingerprint density at radius 2 is 1.75 bits per heavy atom. The molecule has 0 aromatic heterocycles. The zero-order valence-electron chi connectivity index (χ0n) is 35.4. The van der Waals surface area contributed by atoms with Gasteiger partial charge in [0.1, 0.15) is 23.7 Å². The van der Waals surface area contributed by atoms with Crippen molar-refractivity contribution >= 4 is 22.6 Å². The van der Waals surface area contributed by atoms with Crippen LogP contribution < -0.4 is 0 Å². The van der Waals surface area contributed by atoms with Gasteiger partial charge in [-0.1, -0.05) is 85.3 Å². The van der Waals surface area contributed by atoms with Crippen molar-refractivity contribution in [2.24, 2.45) is 23.7 Å². The van der Waals surface area contributed by atoms with Gasteiger partial charge in [0.05, 0.1) is 31.0 Å². The van der Waals surface area contributed by atoms with E-state index in [-0.39, 0.29) is 35.2 Å². The largest absolute Gasteiger partial charge is 0.462 e. The maximum Gasteiger partial charge on any atom is 0.316 e. The Bertz CT molecular complexity index is 1450. The van der Waals surface area contributed by atoms with Gasteiger partial charge in [0.15, 0.2) is 22.4 Å². The molecule has 3 saturated heterocycles. The van der Waals surface area contributed by atoms with E-state index in [1.165, 1.54) is 0 Å². The lowest BCUT2D eigenvalue weighted by molar-refractivity contribution is -0.340. The minimum Gasteiger partial charge on any atom is -0.462 e. The van der Waals surface area contributed by atoms with Crippen LogP contribution in [-0.2, 0) is 32.6 Å². The molecule has 0 aromatic carbocycles. The topological polar surface area (TPSA) is 92.7 Å². The third-order valence-corrected chi connectivity index (χ3v) is 18.5. The van der Waals surface area contributed by atoms with Crippen LogP contribution in [0.4, 0.5) is 0 Å². The van der Waals surface area contributed by atoms with E-state index in [4.69, 9.17) is 27.8 Å². The van der Waals surface area contributed by atoms with E-state index in [0.717, 1.165) is 36.0 Å². The Morgan fingerprint density at radius 3 is 2.40 bits per heavy atom. The van der Waals surface area contributed by atoms with Gasteiger partial charge in [-0.3, -0.25) is 4.79 Å². The number of hydrogen-bond donors (Lipinski definition) is 1. The van der Waals surface area contributed by atoms with Crippen molar-refractivity contribution < 1.29 is 37.7 Å². The van der Waals surface area contributed by atoms with Crippen LogP contribution in [0.15, 0.2) is 47.1 Å². The van der Waals surface area contributed by atoms with Crippen LogP contribution in [-0.4, -0.2) is 82.3 Å². The lowest BCUT2D eigenvalue weighted by Crippen LogP contribution is -2.64. The van der Waals surface area contributed by atoms with Crippen molar-refractivity contribution in [3.8, 4) is 0 Å². The second kappa shape index (κ2) is 15.9. The number of aliphatic hydroxyl groups excluding tert-OH is 1. The fraction of sp³-hybridized carbons (Fsp3) is 0.791. The zero-order valence-corrected chi connectivity index (χ0v) is 37.4. The summed E-state index contributed by atoms with van der Waals surface area (Å²) in [5.74, 6) is -1.23. The quantitative estimate of drug-likeness (QED) is 0.162. The second-order valence-electron chi connectivity index (χ2n) is 19.6. The van der Waals surface area contributed by atoms with Crippen LogP contribution in [0, 0.1) is 23.7 Å². The summed E-state index contributed by atoms with van der Waals surface area (Å²) in [4.78, 5) is 15.0. The summed E-state index contributed by atoms with van der Waals surface area (Å²) in [7, 11) is -4.62. The highest BCUT2D eigenvalue weighted by Crippen LogP contribution is 2.52. The summed E-state index contributed by atoms with van der Waals surface area (Å²) in [6, 6.07) is 0. The van der Waals surface area contributed by atoms with Crippen LogP contribution in [0.25, 0.3) is 0 Å². The van der Waals surface area contributed by atoms with Gasteiger partial charge in [-0.15, -0.1) is 0 Å². The van der Waals surface area contributed by atoms with Crippen molar-refractivity contribution in [3.05, 3.63) is 47.1 Å². The summed E-state index contributed by atoms with van der Waals surface area (Å²) in [5.41, 5.74) is 1.66. The molecule has 53 heavy (non-hydrogen) atoms. The number of carbonyl (C=O) groups excluding carboxylic acids is 1. The molecule has 4 aliphatic heterocycles. The summed E-state index contributed by atoms with van der Waals surface area (Å²) in [5, 5.41) is 11.4. The van der Waals surface area contributed by atoms with Crippen molar-refractivity contribution in [3.63, 3.8) is 0 Å². The van der Waals surface area contributed by atoms with E-state index in [0.29, 0.717) is 37.7 Å². The first kappa shape index (κ1) is 42.8. The average Bonchev–Trinajstić information content (AvgIpc) is 3.41. The number of hydrogen-bond acceptors (Lipinski definition) is 8. The fourth-order valence-corrected chi connectivity index (χ4v) is 11.5. The third kappa shape index (κ3) is 8.95. The van der Waals surface area contributed by atoms with E-state index >= 15 is 4.79 Å². The minimum atomic E-state index is -2.34. The van der Waals surface area contributed by atoms with Gasteiger partial charge in [-0.25, -0.2) is 0 Å². The van der Waals surface area contributed by atoms with Crippen LogP contribution in [0.3, 0.4) is 0 Å². The molecular formula is C43H72O8Si2. The van der Waals surface area contributed by atoms with Crippen LogP contribution in [0.1, 0.15) is 101 Å². The molecule has 1 N–H and O–H groups in total. The Hall–Kier alpha value is -1.38. The molecule has 3 fully saturated rings. The minimum absolute atomic E-state index is 0.0254. The highest BCUT2D eigenvalue weighted by molar-refractivity contribution is 6.74. The van der Waals surface area contributed by atoms with Crippen molar-refractivity contribution in [1.82, 2.24) is 0 Å². The van der Waals surface area contributed by atoms with Crippen molar-refractivity contribution in [2.75, 3.05) is 6.61 Å². The molecule has 8 nitrogen and oxygen atoms in total. The molecule has 10 heteroatoms. The second-order valence-corrected chi connectivity index (χ2v) is 28.8. The predicted molar refractivity (Wildman–Crippen MR) is 216 cm³/mol. The number of rotatable bonds is 6. The smallest absolute Gasteiger partial charge is 0.316 e. The first-order valence-corrected chi connectivity index (χ1v) is 26.8. The average molecular weight is 773 g/mol. The molecular weight excluding hydrogens is 701 g/mol. The molecule has 5 aliphatic rings. The zero-order chi connectivity index (χ0) is 39.3. The van der Waals surface area contributed by atoms with Gasteiger partial charge in [0.2, 0.25) is 0 Å². The van der Waals surface area contributed by atoms with E-state index in [1.807, 2.05) is 26.0 Å². The van der Waals surface area contributed by atoms with Gasteiger partial charge in [0, 0.05) is 25.2 Å². The standard InChI is InChI=1S/C43H72O8Si2/c1-15-27(2)37-30(5)21-22-42(49-37)25-34-24-33(48-42)20-19-29(4)36(44)28(3)17-16-18-32-26-46-39-38(50-53(13,14)41(7,8)9)31(6)23-35(40(45)47-34)43(32,39)51-52(10,11)12/h16-19,23,27-28,30,33-39,44H,15,20-22,24-26H2,1-14H3/b17-16+,29-19+,32-18+/t27-,28-,30-,33+,34-,35-,36+,37+,38+,39+,42+,43+/m0/s1. The Kier molecular flexibility index (Phi) is 12.8. The van der Waals surface area contributed by atoms with Gasteiger partial charge in [0.25, 0.3) is 0 Å². The molecule has 0 radical (unpaired) electrons. The first-order chi connectivity index (χ1) is 24.5. The lowest BCUT2D eigenvalue weighted by Gasteiger charge is -2.52. The molecule has 4 heterocycles. The number of ether oxygens (including phenoxy) is 4. The molecule has 0 saturated carbocycles. The highest BCUT2D eigenvalue weighted by atomic mass is 28.4. The molecule has 0 unspecified atom stereocenters. The van der Waals surface area contributed by atoms with Crippen LogP contribution in [0.2, 0.25) is 37.8 Å². The molecule has 1 spiro atoms. The van der Waals surface area contributed by atoms with E-state index in [9.17, 15) is 5.11 Å². The van der Waals surface area contributed by atoms with Gasteiger partial charge >= 0.3 is 5.97 Å². The van der Waals surface area contributed by atoms with Crippen LogP contribution in [0.5, 0.6) is 0 Å².